The Morgan fingerprint density at radius 3 is 2.59 bits per heavy atom. The number of methoxy groups -OCH3 is 1. The van der Waals surface area contributed by atoms with E-state index >= 15 is 0 Å². The molecule has 11 heteroatoms. The highest BCUT2D eigenvalue weighted by Gasteiger charge is 2.39. The topological polar surface area (TPSA) is 126 Å². The number of pyridine rings is 1. The molecule has 2 heterocycles. The lowest BCUT2D eigenvalue weighted by Crippen LogP contribution is -2.62. The number of piperazine rings is 1. The molecule has 0 unspecified atom stereocenters. The van der Waals surface area contributed by atoms with Crippen molar-refractivity contribution in [1.82, 2.24) is 19.5 Å². The van der Waals surface area contributed by atoms with Gasteiger partial charge in [0.15, 0.2) is 0 Å². The minimum Gasteiger partial charge on any atom is -0.467 e. The third-order valence-electron chi connectivity index (χ3n) is 4.17. The number of carbonyl (C=O) groups is 3. The Morgan fingerprint density at radius 2 is 2.04 bits per heavy atom. The van der Waals surface area contributed by atoms with E-state index < -0.39 is 34.0 Å². The second kappa shape index (κ2) is 8.44. The van der Waals surface area contributed by atoms with Crippen LogP contribution in [0.5, 0.6) is 0 Å². The van der Waals surface area contributed by atoms with Gasteiger partial charge in [-0.3, -0.25) is 14.6 Å². The quantitative estimate of drug-likeness (QED) is 0.620. The van der Waals surface area contributed by atoms with Crippen LogP contribution in [0.15, 0.2) is 24.5 Å². The molecule has 1 aliphatic heterocycles. The van der Waals surface area contributed by atoms with Crippen molar-refractivity contribution in [3.8, 4) is 0 Å². The molecule has 27 heavy (non-hydrogen) atoms. The third kappa shape index (κ3) is 5.01. The van der Waals surface area contributed by atoms with Gasteiger partial charge in [-0.25, -0.2) is 13.2 Å². The fourth-order valence-electron chi connectivity index (χ4n) is 2.78. The summed E-state index contributed by atoms with van der Waals surface area (Å²) in [4.78, 5) is 42.0. The van der Waals surface area contributed by atoms with Crippen LogP contribution in [0.3, 0.4) is 0 Å². The number of nitrogens with one attached hydrogen (secondary N) is 1. The molecule has 2 rings (SSSR count). The molecule has 1 N–H and O–H groups in total. The Bertz CT molecular complexity index is 813. The van der Waals surface area contributed by atoms with E-state index in [4.69, 9.17) is 0 Å². The van der Waals surface area contributed by atoms with E-state index in [0.717, 1.165) is 10.6 Å². The predicted molar refractivity (Wildman–Crippen MR) is 95.1 cm³/mol. The van der Waals surface area contributed by atoms with Gasteiger partial charge in [-0.1, -0.05) is 0 Å². The highest BCUT2D eigenvalue weighted by molar-refractivity contribution is 7.88. The number of carbonyl (C=O) groups excluding carboxylic acids is 3. The summed E-state index contributed by atoms with van der Waals surface area (Å²) >= 11 is 0. The van der Waals surface area contributed by atoms with Crippen molar-refractivity contribution < 1.29 is 27.5 Å². The molecule has 1 aromatic rings. The highest BCUT2D eigenvalue weighted by atomic mass is 32.2. The maximum absolute atomic E-state index is 12.6. The zero-order chi connectivity index (χ0) is 20.2. The third-order valence-corrected chi connectivity index (χ3v) is 5.46. The average Bonchev–Trinajstić information content (AvgIpc) is 2.66. The van der Waals surface area contributed by atoms with Crippen LogP contribution >= 0.6 is 0 Å². The number of nitrogens with zero attached hydrogens (tertiary/aromatic N) is 3. The standard InChI is InChI=1S/C16H22N4O6S/c1-11(16(23)26-2)18-14(21)13-10-19(7-8-20(13)27(3,24)25)15(22)12-5-4-6-17-9-12/h4-6,9,11,13H,7-8,10H2,1-3H3,(H,18,21)/t11-,13-/m1/s1. The van der Waals surface area contributed by atoms with Gasteiger partial charge in [0, 0.05) is 32.0 Å². The SMILES string of the molecule is COC(=O)[C@@H](C)NC(=O)[C@H]1CN(C(=O)c2cccnc2)CCN1S(C)(=O)=O. The van der Waals surface area contributed by atoms with Crippen molar-refractivity contribution in [3.63, 3.8) is 0 Å². The van der Waals surface area contributed by atoms with Crippen LogP contribution in [0.1, 0.15) is 17.3 Å². The van der Waals surface area contributed by atoms with Crippen LogP contribution in [0.25, 0.3) is 0 Å². The van der Waals surface area contributed by atoms with Crippen LogP contribution in [0, 0.1) is 0 Å². The number of sulfonamides is 1. The molecule has 10 nitrogen and oxygen atoms in total. The average molecular weight is 398 g/mol. The molecular weight excluding hydrogens is 376 g/mol. The monoisotopic (exact) mass is 398 g/mol. The highest BCUT2D eigenvalue weighted by Crippen LogP contribution is 2.16. The molecule has 0 spiro atoms. The molecule has 0 aromatic carbocycles. The second-order valence-corrected chi connectivity index (χ2v) is 8.07. The molecule has 2 amide bonds. The van der Waals surface area contributed by atoms with Gasteiger partial charge in [0.1, 0.15) is 12.1 Å². The van der Waals surface area contributed by atoms with E-state index in [1.165, 1.54) is 31.3 Å². The minimum absolute atomic E-state index is 0.0322. The minimum atomic E-state index is -3.69. The number of hydrogen-bond donors (Lipinski definition) is 1. The molecule has 0 aliphatic carbocycles. The maximum atomic E-state index is 12.6. The Hall–Kier alpha value is -2.53. The summed E-state index contributed by atoms with van der Waals surface area (Å²) in [7, 11) is -2.51. The van der Waals surface area contributed by atoms with Crippen LogP contribution in [-0.2, 0) is 24.3 Å². The van der Waals surface area contributed by atoms with E-state index in [0.29, 0.717) is 5.56 Å². The van der Waals surface area contributed by atoms with Crippen LogP contribution in [-0.4, -0.2) is 85.5 Å². The molecule has 0 bridgehead atoms. The summed E-state index contributed by atoms with van der Waals surface area (Å²) in [5, 5.41) is 2.43. The zero-order valence-electron chi connectivity index (χ0n) is 15.3. The second-order valence-electron chi connectivity index (χ2n) is 6.14. The molecule has 1 aliphatic rings. The first-order valence-electron chi connectivity index (χ1n) is 8.19. The van der Waals surface area contributed by atoms with E-state index in [1.54, 1.807) is 12.1 Å². The van der Waals surface area contributed by atoms with E-state index in [9.17, 15) is 22.8 Å². The van der Waals surface area contributed by atoms with Gasteiger partial charge >= 0.3 is 5.97 Å². The lowest BCUT2D eigenvalue weighted by molar-refractivity contribution is -0.145. The van der Waals surface area contributed by atoms with Crippen LogP contribution < -0.4 is 5.32 Å². The number of ether oxygens (including phenoxy) is 1. The largest absolute Gasteiger partial charge is 0.467 e. The Balaban J connectivity index is 2.21. The van der Waals surface area contributed by atoms with Crippen molar-refractivity contribution in [1.29, 1.82) is 0 Å². The zero-order valence-corrected chi connectivity index (χ0v) is 16.1. The number of rotatable bonds is 5. The van der Waals surface area contributed by atoms with Crippen molar-refractivity contribution in [2.24, 2.45) is 0 Å². The van der Waals surface area contributed by atoms with E-state index in [2.05, 4.69) is 15.0 Å². The van der Waals surface area contributed by atoms with E-state index in [1.807, 2.05) is 0 Å². The first-order chi connectivity index (χ1) is 12.6. The molecule has 1 aromatic heterocycles. The lowest BCUT2D eigenvalue weighted by atomic mass is 10.1. The number of amides is 2. The van der Waals surface area contributed by atoms with Crippen molar-refractivity contribution >= 4 is 27.8 Å². The van der Waals surface area contributed by atoms with Crippen molar-refractivity contribution in [2.75, 3.05) is 33.0 Å². The van der Waals surface area contributed by atoms with Gasteiger partial charge in [0.05, 0.1) is 18.9 Å². The van der Waals surface area contributed by atoms with E-state index in [-0.39, 0.29) is 25.5 Å². The predicted octanol–water partition coefficient (Wildman–Crippen LogP) is -1.15. The molecule has 148 valence electrons. The fraction of sp³-hybridized carbons (Fsp3) is 0.500. The first kappa shape index (κ1) is 20.8. The summed E-state index contributed by atoms with van der Waals surface area (Å²) in [5.74, 6) is -1.69. The van der Waals surface area contributed by atoms with Crippen LogP contribution in [0.4, 0.5) is 0 Å². The summed E-state index contributed by atoms with van der Waals surface area (Å²) < 4.78 is 29.7. The number of hydrogen-bond acceptors (Lipinski definition) is 7. The number of aromatic nitrogens is 1. The van der Waals surface area contributed by atoms with Gasteiger partial charge in [0.2, 0.25) is 15.9 Å². The normalized spacial score (nSPS) is 19.2. The molecule has 1 saturated heterocycles. The van der Waals surface area contributed by atoms with Crippen molar-refractivity contribution in [2.45, 2.75) is 19.0 Å². The molecule has 1 fully saturated rings. The molecule has 0 radical (unpaired) electrons. The first-order valence-corrected chi connectivity index (χ1v) is 10.0. The fourth-order valence-corrected chi connectivity index (χ4v) is 3.82. The summed E-state index contributed by atoms with van der Waals surface area (Å²) in [5.41, 5.74) is 0.340. The molecule has 0 saturated carbocycles. The number of esters is 1. The summed E-state index contributed by atoms with van der Waals surface area (Å²) in [6, 6.07) is 1.10. The van der Waals surface area contributed by atoms with Gasteiger partial charge in [0.25, 0.3) is 5.91 Å². The summed E-state index contributed by atoms with van der Waals surface area (Å²) in [6.07, 6.45) is 3.93. The van der Waals surface area contributed by atoms with Gasteiger partial charge in [-0.2, -0.15) is 4.31 Å². The summed E-state index contributed by atoms with van der Waals surface area (Å²) in [6.45, 7) is 1.39. The van der Waals surface area contributed by atoms with Crippen molar-refractivity contribution in [3.05, 3.63) is 30.1 Å². The molecule has 2 atom stereocenters. The van der Waals surface area contributed by atoms with Gasteiger partial charge < -0.3 is 15.0 Å². The smallest absolute Gasteiger partial charge is 0.328 e. The molecular formula is C16H22N4O6S. The lowest BCUT2D eigenvalue weighted by Gasteiger charge is -2.39. The van der Waals surface area contributed by atoms with Crippen LogP contribution in [0.2, 0.25) is 0 Å². The Labute approximate surface area is 157 Å². The maximum Gasteiger partial charge on any atom is 0.328 e. The van der Waals surface area contributed by atoms with Gasteiger partial charge in [-0.15, -0.1) is 0 Å². The Kier molecular flexibility index (Phi) is 6.50. The Morgan fingerprint density at radius 1 is 1.33 bits per heavy atom. The van der Waals surface area contributed by atoms with Gasteiger partial charge in [-0.05, 0) is 19.1 Å².